The van der Waals surface area contributed by atoms with Gasteiger partial charge in [-0.15, -0.1) is 12.4 Å². The first-order valence-corrected chi connectivity index (χ1v) is 8.99. The van der Waals surface area contributed by atoms with Crippen LogP contribution in [0.2, 0.25) is 0 Å². The van der Waals surface area contributed by atoms with Gasteiger partial charge in [0.15, 0.2) is 0 Å². The van der Waals surface area contributed by atoms with Crippen molar-refractivity contribution in [3.8, 4) is 0 Å². The smallest absolute Gasteiger partial charge is 0.222 e. The lowest BCUT2D eigenvalue weighted by molar-refractivity contribution is -0.130. The summed E-state index contributed by atoms with van der Waals surface area (Å²) in [4.78, 5) is 25.7. The number of rotatable bonds is 7. The highest BCUT2D eigenvalue weighted by molar-refractivity contribution is 5.85. The van der Waals surface area contributed by atoms with Crippen LogP contribution in [0.15, 0.2) is 48.5 Å². The second kappa shape index (κ2) is 10.1. The van der Waals surface area contributed by atoms with E-state index in [2.05, 4.69) is 28.8 Å². The summed E-state index contributed by atoms with van der Waals surface area (Å²) in [5.41, 5.74) is 4.81. The molecule has 144 valence electrons. The van der Waals surface area contributed by atoms with Crippen LogP contribution in [0.4, 0.5) is 0 Å². The Labute approximate surface area is 166 Å². The molecule has 2 amide bonds. The van der Waals surface area contributed by atoms with Crippen LogP contribution in [-0.4, -0.2) is 23.3 Å². The lowest BCUT2D eigenvalue weighted by Gasteiger charge is -2.21. The Hall–Kier alpha value is -2.37. The number of carbonyl (C=O) groups is 2. The van der Waals surface area contributed by atoms with Crippen molar-refractivity contribution in [2.45, 2.75) is 39.5 Å². The SMILES string of the molecule is CC(=O)N(CCC(=O)NCc1ccc2c(c1)CNC2)Cc1ccccc1.Cl. The number of hydrogen-bond donors (Lipinski definition) is 2. The third-order valence-electron chi connectivity index (χ3n) is 4.66. The molecule has 27 heavy (non-hydrogen) atoms. The number of nitrogens with zero attached hydrogens (tertiary/aromatic N) is 1. The van der Waals surface area contributed by atoms with Crippen LogP contribution in [0.25, 0.3) is 0 Å². The fourth-order valence-electron chi connectivity index (χ4n) is 3.14. The van der Waals surface area contributed by atoms with E-state index in [0.29, 0.717) is 26.1 Å². The maximum Gasteiger partial charge on any atom is 0.222 e. The Morgan fingerprint density at radius 3 is 2.52 bits per heavy atom. The molecule has 0 aromatic heterocycles. The quantitative estimate of drug-likeness (QED) is 0.768. The van der Waals surface area contributed by atoms with Gasteiger partial charge in [0.25, 0.3) is 0 Å². The van der Waals surface area contributed by atoms with Crippen LogP contribution in [0, 0.1) is 0 Å². The molecule has 0 saturated carbocycles. The van der Waals surface area contributed by atoms with E-state index < -0.39 is 0 Å². The second-order valence-electron chi connectivity index (χ2n) is 6.66. The molecule has 0 fully saturated rings. The molecule has 2 N–H and O–H groups in total. The fourth-order valence-corrected chi connectivity index (χ4v) is 3.14. The molecule has 0 saturated heterocycles. The lowest BCUT2D eigenvalue weighted by Crippen LogP contribution is -2.33. The third-order valence-corrected chi connectivity index (χ3v) is 4.66. The maximum atomic E-state index is 12.2. The van der Waals surface area contributed by atoms with Gasteiger partial charge in [-0.3, -0.25) is 9.59 Å². The van der Waals surface area contributed by atoms with E-state index in [1.165, 1.54) is 11.1 Å². The van der Waals surface area contributed by atoms with E-state index in [0.717, 1.165) is 24.2 Å². The van der Waals surface area contributed by atoms with Gasteiger partial charge in [-0.2, -0.15) is 0 Å². The molecule has 0 radical (unpaired) electrons. The van der Waals surface area contributed by atoms with Gasteiger partial charge >= 0.3 is 0 Å². The van der Waals surface area contributed by atoms with Crippen molar-refractivity contribution in [1.82, 2.24) is 15.5 Å². The minimum absolute atomic E-state index is 0. The van der Waals surface area contributed by atoms with E-state index in [1.807, 2.05) is 30.3 Å². The average Bonchev–Trinajstić information content (AvgIpc) is 3.11. The van der Waals surface area contributed by atoms with E-state index in [4.69, 9.17) is 0 Å². The molecule has 0 unspecified atom stereocenters. The van der Waals surface area contributed by atoms with E-state index in [9.17, 15) is 9.59 Å². The predicted octanol–water partition coefficient (Wildman–Crippen LogP) is 2.77. The van der Waals surface area contributed by atoms with Crippen molar-refractivity contribution in [3.63, 3.8) is 0 Å². The molecule has 1 aliphatic rings. The predicted molar refractivity (Wildman–Crippen MR) is 108 cm³/mol. The summed E-state index contributed by atoms with van der Waals surface area (Å²) in [5.74, 6) is -0.0595. The number of benzene rings is 2. The van der Waals surface area contributed by atoms with Crippen molar-refractivity contribution in [3.05, 3.63) is 70.8 Å². The summed E-state index contributed by atoms with van der Waals surface area (Å²) in [5, 5.41) is 6.27. The van der Waals surface area contributed by atoms with Crippen LogP contribution in [0.5, 0.6) is 0 Å². The summed E-state index contributed by atoms with van der Waals surface area (Å²) in [7, 11) is 0. The second-order valence-corrected chi connectivity index (χ2v) is 6.66. The van der Waals surface area contributed by atoms with Gasteiger partial charge in [0, 0.05) is 46.1 Å². The highest BCUT2D eigenvalue weighted by Crippen LogP contribution is 2.16. The number of hydrogen-bond acceptors (Lipinski definition) is 3. The Balaban J connectivity index is 0.00000261. The largest absolute Gasteiger partial charge is 0.352 e. The van der Waals surface area contributed by atoms with Crippen molar-refractivity contribution in [1.29, 1.82) is 0 Å². The van der Waals surface area contributed by atoms with Gasteiger partial charge in [0.1, 0.15) is 0 Å². The fraction of sp³-hybridized carbons (Fsp3) is 0.333. The Morgan fingerprint density at radius 2 is 1.78 bits per heavy atom. The molecular weight excluding hydrogens is 362 g/mol. The number of nitrogens with one attached hydrogen (secondary N) is 2. The van der Waals surface area contributed by atoms with Gasteiger partial charge in [-0.1, -0.05) is 48.5 Å². The number of carbonyl (C=O) groups excluding carboxylic acids is 2. The maximum absolute atomic E-state index is 12.2. The summed E-state index contributed by atoms with van der Waals surface area (Å²) in [6.45, 7) is 4.82. The monoisotopic (exact) mass is 387 g/mol. The Bertz CT molecular complexity index is 780. The lowest BCUT2D eigenvalue weighted by atomic mass is 10.1. The zero-order chi connectivity index (χ0) is 18.4. The molecule has 3 rings (SSSR count). The van der Waals surface area contributed by atoms with Crippen molar-refractivity contribution in [2.24, 2.45) is 0 Å². The van der Waals surface area contributed by atoms with Crippen molar-refractivity contribution < 1.29 is 9.59 Å². The molecule has 5 nitrogen and oxygen atoms in total. The summed E-state index contributed by atoms with van der Waals surface area (Å²) >= 11 is 0. The van der Waals surface area contributed by atoms with Crippen LogP contribution >= 0.6 is 12.4 Å². The number of amides is 2. The summed E-state index contributed by atoms with van der Waals surface area (Å²) in [6, 6.07) is 16.1. The zero-order valence-corrected chi connectivity index (χ0v) is 16.3. The highest BCUT2D eigenvalue weighted by Gasteiger charge is 2.13. The molecule has 1 aliphatic heterocycles. The van der Waals surface area contributed by atoms with Crippen molar-refractivity contribution in [2.75, 3.05) is 6.54 Å². The first-order chi connectivity index (χ1) is 12.6. The molecule has 0 aliphatic carbocycles. The first kappa shape index (κ1) is 20.9. The van der Waals surface area contributed by atoms with Gasteiger partial charge in [-0.25, -0.2) is 0 Å². The molecule has 2 aromatic rings. The average molecular weight is 388 g/mol. The molecule has 0 atom stereocenters. The molecule has 0 bridgehead atoms. The highest BCUT2D eigenvalue weighted by atomic mass is 35.5. The molecule has 1 heterocycles. The molecule has 6 heteroatoms. The minimum atomic E-state index is -0.0389. The standard InChI is InChI=1S/C21H25N3O2.ClH/c1-16(25)24(15-17-5-3-2-4-6-17)10-9-21(26)23-12-18-7-8-19-13-22-14-20(19)11-18;/h2-8,11,22H,9-10,12-15H2,1H3,(H,23,26);1H. The van der Waals surface area contributed by atoms with Gasteiger partial charge in [-0.05, 0) is 22.3 Å². The first-order valence-electron chi connectivity index (χ1n) is 8.99. The number of halogens is 1. The minimum Gasteiger partial charge on any atom is -0.352 e. The van der Waals surface area contributed by atoms with E-state index >= 15 is 0 Å². The Morgan fingerprint density at radius 1 is 1.04 bits per heavy atom. The topological polar surface area (TPSA) is 61.4 Å². The molecule has 0 spiro atoms. The van der Waals surface area contributed by atoms with Gasteiger partial charge in [0.05, 0.1) is 0 Å². The number of fused-ring (bicyclic) bond motifs is 1. The van der Waals surface area contributed by atoms with Gasteiger partial charge < -0.3 is 15.5 Å². The van der Waals surface area contributed by atoms with E-state index in [-0.39, 0.29) is 24.2 Å². The normalized spacial score (nSPS) is 12.0. The van der Waals surface area contributed by atoms with Crippen LogP contribution in [-0.2, 0) is 35.8 Å². The summed E-state index contributed by atoms with van der Waals surface area (Å²) in [6.07, 6.45) is 0.304. The molecular formula is C21H26ClN3O2. The molecule has 2 aromatic carbocycles. The van der Waals surface area contributed by atoms with Crippen LogP contribution in [0.1, 0.15) is 35.6 Å². The third kappa shape index (κ3) is 6.08. The zero-order valence-electron chi connectivity index (χ0n) is 15.5. The summed E-state index contributed by atoms with van der Waals surface area (Å²) < 4.78 is 0. The van der Waals surface area contributed by atoms with Crippen LogP contribution in [0.3, 0.4) is 0 Å². The van der Waals surface area contributed by atoms with Gasteiger partial charge in [0.2, 0.25) is 11.8 Å². The Kier molecular flexibility index (Phi) is 7.82. The van der Waals surface area contributed by atoms with Crippen molar-refractivity contribution >= 4 is 24.2 Å². The van der Waals surface area contributed by atoms with E-state index in [1.54, 1.807) is 11.8 Å². The van der Waals surface area contributed by atoms with Crippen LogP contribution < -0.4 is 10.6 Å².